The minimum atomic E-state index is 0. The Balaban J connectivity index is 0.00000192. The van der Waals surface area contributed by atoms with Crippen LogP contribution in [0.3, 0.4) is 0 Å². The van der Waals surface area contributed by atoms with E-state index in [4.69, 9.17) is 0 Å². The van der Waals surface area contributed by atoms with Crippen molar-refractivity contribution < 1.29 is 4.79 Å². The molecule has 2 aromatic rings. The number of hydrogen-bond acceptors (Lipinski definition) is 5. The number of nitrogens with one attached hydrogen (secondary N) is 2. The second-order valence-electron chi connectivity index (χ2n) is 5.74. The largest absolute Gasteiger partial charge is 0.314 e. The standard InChI is InChI=1S/C16H20N4OS.ClH/c1-11-9-13(7-8-17-11)15(21)19-16-18-14(20-22-16)10-12-5-3-2-4-6-12;/h2-6,11,13,17H,7-10H2,1H3,(H,18,19,20,21);1H/t11-,13-;/m0./s1. The number of carbonyl (C=O) groups is 1. The Morgan fingerprint density at radius 1 is 1.39 bits per heavy atom. The Bertz CT molecular complexity index is 634. The number of amides is 1. The van der Waals surface area contributed by atoms with E-state index < -0.39 is 0 Å². The second-order valence-corrected chi connectivity index (χ2v) is 6.50. The van der Waals surface area contributed by atoms with Crippen LogP contribution in [0.5, 0.6) is 0 Å². The maximum atomic E-state index is 12.3. The van der Waals surface area contributed by atoms with Crippen LogP contribution in [0.15, 0.2) is 30.3 Å². The van der Waals surface area contributed by atoms with Gasteiger partial charge >= 0.3 is 0 Å². The van der Waals surface area contributed by atoms with Gasteiger partial charge in [-0.3, -0.25) is 4.79 Å². The Morgan fingerprint density at radius 2 is 2.17 bits per heavy atom. The quantitative estimate of drug-likeness (QED) is 0.887. The number of aromatic nitrogens is 2. The van der Waals surface area contributed by atoms with Gasteiger partial charge in [0.25, 0.3) is 0 Å². The van der Waals surface area contributed by atoms with Gasteiger partial charge in [0, 0.05) is 29.9 Å². The summed E-state index contributed by atoms with van der Waals surface area (Å²) in [5, 5.41) is 6.87. The molecule has 23 heavy (non-hydrogen) atoms. The first-order valence-electron chi connectivity index (χ1n) is 7.61. The molecular formula is C16H21ClN4OS. The van der Waals surface area contributed by atoms with Gasteiger partial charge in [0.2, 0.25) is 11.0 Å². The van der Waals surface area contributed by atoms with Crippen LogP contribution in [0.25, 0.3) is 0 Å². The molecule has 0 saturated carbocycles. The predicted molar refractivity (Wildman–Crippen MR) is 95.2 cm³/mol. The molecule has 2 N–H and O–H groups in total. The van der Waals surface area contributed by atoms with Crippen LogP contribution in [-0.2, 0) is 11.2 Å². The zero-order valence-electron chi connectivity index (χ0n) is 13.0. The third kappa shape index (κ3) is 4.99. The van der Waals surface area contributed by atoms with Gasteiger partial charge in [0.15, 0.2) is 0 Å². The fraction of sp³-hybridized carbons (Fsp3) is 0.438. The average Bonchev–Trinajstić information content (AvgIpc) is 2.95. The van der Waals surface area contributed by atoms with Gasteiger partial charge in [0.05, 0.1) is 0 Å². The maximum absolute atomic E-state index is 12.3. The molecule has 0 spiro atoms. The van der Waals surface area contributed by atoms with E-state index in [-0.39, 0.29) is 24.2 Å². The monoisotopic (exact) mass is 352 g/mol. The lowest BCUT2D eigenvalue weighted by Crippen LogP contribution is -2.40. The van der Waals surface area contributed by atoms with Gasteiger partial charge in [-0.15, -0.1) is 12.4 Å². The van der Waals surface area contributed by atoms with Gasteiger partial charge in [-0.05, 0) is 31.9 Å². The van der Waals surface area contributed by atoms with Crippen LogP contribution in [0, 0.1) is 5.92 Å². The molecule has 0 radical (unpaired) electrons. The third-order valence-electron chi connectivity index (χ3n) is 3.90. The summed E-state index contributed by atoms with van der Waals surface area (Å²) >= 11 is 1.25. The summed E-state index contributed by atoms with van der Waals surface area (Å²) in [5.74, 6) is 0.888. The molecule has 1 aromatic carbocycles. The molecule has 1 aliphatic heterocycles. The highest BCUT2D eigenvalue weighted by atomic mass is 35.5. The highest BCUT2D eigenvalue weighted by Gasteiger charge is 2.25. The minimum Gasteiger partial charge on any atom is -0.314 e. The topological polar surface area (TPSA) is 66.9 Å². The van der Waals surface area contributed by atoms with Crippen LogP contribution in [0.2, 0.25) is 0 Å². The lowest BCUT2D eigenvalue weighted by molar-refractivity contribution is -0.120. The molecule has 5 nitrogen and oxygen atoms in total. The lowest BCUT2D eigenvalue weighted by Gasteiger charge is -2.26. The van der Waals surface area contributed by atoms with Gasteiger partial charge < -0.3 is 10.6 Å². The normalized spacial score (nSPS) is 20.6. The van der Waals surface area contributed by atoms with E-state index >= 15 is 0 Å². The highest BCUT2D eigenvalue weighted by Crippen LogP contribution is 2.20. The van der Waals surface area contributed by atoms with E-state index in [1.165, 1.54) is 17.1 Å². The molecule has 1 saturated heterocycles. The van der Waals surface area contributed by atoms with E-state index in [9.17, 15) is 4.79 Å². The van der Waals surface area contributed by atoms with Crippen LogP contribution >= 0.6 is 23.9 Å². The molecule has 0 aliphatic carbocycles. The van der Waals surface area contributed by atoms with Gasteiger partial charge in [0.1, 0.15) is 5.82 Å². The minimum absolute atomic E-state index is 0. The van der Waals surface area contributed by atoms with Gasteiger partial charge in [-0.2, -0.15) is 4.37 Å². The van der Waals surface area contributed by atoms with Crippen molar-refractivity contribution in [2.45, 2.75) is 32.2 Å². The number of hydrogen-bond donors (Lipinski definition) is 2. The van der Waals surface area contributed by atoms with E-state index in [0.29, 0.717) is 17.6 Å². The zero-order valence-corrected chi connectivity index (χ0v) is 14.6. The van der Waals surface area contributed by atoms with Gasteiger partial charge in [-0.1, -0.05) is 30.3 Å². The highest BCUT2D eigenvalue weighted by molar-refractivity contribution is 7.09. The van der Waals surface area contributed by atoms with Crippen LogP contribution in [0.4, 0.5) is 5.13 Å². The van der Waals surface area contributed by atoms with Crippen molar-refractivity contribution in [3.8, 4) is 0 Å². The Kier molecular flexibility index (Phi) is 6.50. The van der Waals surface area contributed by atoms with Crippen molar-refractivity contribution in [1.29, 1.82) is 0 Å². The van der Waals surface area contributed by atoms with Crippen LogP contribution in [-0.4, -0.2) is 27.9 Å². The van der Waals surface area contributed by atoms with E-state index in [1.807, 2.05) is 18.2 Å². The van der Waals surface area contributed by atoms with E-state index in [1.54, 1.807) is 0 Å². The first-order chi connectivity index (χ1) is 10.7. The smallest absolute Gasteiger partial charge is 0.229 e. The molecule has 0 bridgehead atoms. The Labute approximate surface area is 146 Å². The van der Waals surface area contributed by atoms with E-state index in [0.717, 1.165) is 25.2 Å². The molecule has 0 unspecified atom stereocenters. The zero-order chi connectivity index (χ0) is 15.4. The van der Waals surface area contributed by atoms with Crippen molar-refractivity contribution in [2.24, 2.45) is 5.92 Å². The van der Waals surface area contributed by atoms with E-state index in [2.05, 4.69) is 39.0 Å². The number of rotatable bonds is 4. The molecule has 1 fully saturated rings. The molecule has 2 heterocycles. The Hall–Kier alpha value is -1.50. The van der Waals surface area contributed by atoms with Crippen molar-refractivity contribution in [3.63, 3.8) is 0 Å². The first kappa shape index (κ1) is 17.8. The summed E-state index contributed by atoms with van der Waals surface area (Å²) in [6, 6.07) is 10.5. The molecule has 2 atom stereocenters. The van der Waals surface area contributed by atoms with Crippen molar-refractivity contribution >= 4 is 35.0 Å². The van der Waals surface area contributed by atoms with Crippen molar-refractivity contribution in [2.75, 3.05) is 11.9 Å². The molecule has 1 aromatic heterocycles. The molecular weight excluding hydrogens is 332 g/mol. The summed E-state index contributed by atoms with van der Waals surface area (Å²) in [6.45, 7) is 3.01. The fourth-order valence-corrected chi connectivity index (χ4v) is 3.32. The molecule has 124 valence electrons. The second kappa shape index (κ2) is 8.38. The lowest BCUT2D eigenvalue weighted by atomic mass is 9.92. The van der Waals surface area contributed by atoms with Crippen molar-refractivity contribution in [1.82, 2.24) is 14.7 Å². The summed E-state index contributed by atoms with van der Waals surface area (Å²) in [7, 11) is 0. The first-order valence-corrected chi connectivity index (χ1v) is 8.39. The molecule has 1 aliphatic rings. The molecule has 1 amide bonds. The number of piperidine rings is 1. The van der Waals surface area contributed by atoms with Gasteiger partial charge in [-0.25, -0.2) is 4.98 Å². The Morgan fingerprint density at radius 3 is 2.91 bits per heavy atom. The number of anilines is 1. The third-order valence-corrected chi connectivity index (χ3v) is 4.57. The predicted octanol–water partition coefficient (Wildman–Crippen LogP) is 2.88. The summed E-state index contributed by atoms with van der Waals surface area (Å²) in [5.41, 5.74) is 1.17. The maximum Gasteiger partial charge on any atom is 0.229 e. The van der Waals surface area contributed by atoms with Crippen LogP contribution < -0.4 is 10.6 Å². The SMILES string of the molecule is C[C@H]1C[C@@H](C(=O)Nc2nc(Cc3ccccc3)ns2)CCN1.Cl. The summed E-state index contributed by atoms with van der Waals surface area (Å²) < 4.78 is 4.33. The summed E-state index contributed by atoms with van der Waals surface area (Å²) in [4.78, 5) is 16.7. The average molecular weight is 353 g/mol. The molecule has 7 heteroatoms. The summed E-state index contributed by atoms with van der Waals surface area (Å²) in [6.07, 6.45) is 2.45. The number of nitrogens with zero attached hydrogens (tertiary/aromatic N) is 2. The number of benzene rings is 1. The van der Waals surface area contributed by atoms with Crippen molar-refractivity contribution in [3.05, 3.63) is 41.7 Å². The fourth-order valence-electron chi connectivity index (χ4n) is 2.73. The molecule has 3 rings (SSSR count). The number of halogens is 1. The number of carbonyl (C=O) groups excluding carboxylic acids is 1. The van der Waals surface area contributed by atoms with Crippen LogP contribution in [0.1, 0.15) is 31.2 Å².